The topological polar surface area (TPSA) is 80.4 Å². The third-order valence-corrected chi connectivity index (χ3v) is 1.59. The second kappa shape index (κ2) is 4.23. The second-order valence-electron chi connectivity index (χ2n) is 2.64. The van der Waals surface area contributed by atoms with E-state index in [4.69, 9.17) is 10.8 Å². The van der Waals surface area contributed by atoms with Crippen molar-refractivity contribution < 1.29 is 14.7 Å². The molecule has 0 aliphatic carbocycles. The fraction of sp³-hybridized carbons (Fsp3) is 0. The third kappa shape index (κ3) is 2.45. The maximum atomic E-state index is 11.3. The molecule has 0 aliphatic rings. The van der Waals surface area contributed by atoms with Gasteiger partial charge in [0, 0.05) is 11.6 Å². The van der Waals surface area contributed by atoms with Gasteiger partial charge in [-0.2, -0.15) is 0 Å². The lowest BCUT2D eigenvalue weighted by Gasteiger charge is -1.95. The Kier molecular flexibility index (Phi) is 3.01. The van der Waals surface area contributed by atoms with Gasteiger partial charge in [0.05, 0.1) is 0 Å². The van der Waals surface area contributed by atoms with Gasteiger partial charge in [-0.15, -0.1) is 0 Å². The average molecular weight is 191 g/mol. The van der Waals surface area contributed by atoms with Gasteiger partial charge in [-0.3, -0.25) is 4.79 Å². The predicted octanol–water partition coefficient (Wildman–Crippen LogP) is 0.797. The molecule has 0 spiro atoms. The predicted molar refractivity (Wildman–Crippen MR) is 50.7 cm³/mol. The molecule has 0 aliphatic heterocycles. The van der Waals surface area contributed by atoms with Crippen molar-refractivity contribution in [1.29, 1.82) is 0 Å². The molecule has 4 heteroatoms. The number of aliphatic carboxylic acids is 1. The minimum atomic E-state index is -1.30. The third-order valence-electron chi connectivity index (χ3n) is 1.59. The van der Waals surface area contributed by atoms with Crippen molar-refractivity contribution in [2.75, 3.05) is 0 Å². The number of hydrogen-bond donors (Lipinski definition) is 2. The quantitative estimate of drug-likeness (QED) is 0.547. The van der Waals surface area contributed by atoms with E-state index in [-0.39, 0.29) is 0 Å². The van der Waals surface area contributed by atoms with E-state index < -0.39 is 17.4 Å². The lowest BCUT2D eigenvalue weighted by Crippen LogP contribution is -2.12. The maximum Gasteiger partial charge on any atom is 0.351 e. The first-order valence-corrected chi connectivity index (χ1v) is 3.91. The zero-order chi connectivity index (χ0) is 10.6. The van der Waals surface area contributed by atoms with Gasteiger partial charge in [0.15, 0.2) is 5.78 Å². The summed E-state index contributed by atoms with van der Waals surface area (Å²) in [5.41, 5.74) is 5.05. The lowest BCUT2D eigenvalue weighted by atomic mass is 10.1. The van der Waals surface area contributed by atoms with E-state index in [9.17, 15) is 9.59 Å². The van der Waals surface area contributed by atoms with Crippen LogP contribution in [0.5, 0.6) is 0 Å². The standard InChI is InChI=1S/C10H9NO3/c11-8(10(13)14)6-9(12)7-4-2-1-3-5-7/h1-6H,11H2,(H,13,14)/b8-6-. The molecule has 0 unspecified atom stereocenters. The monoisotopic (exact) mass is 191 g/mol. The van der Waals surface area contributed by atoms with Crippen molar-refractivity contribution in [3.05, 3.63) is 47.7 Å². The molecule has 14 heavy (non-hydrogen) atoms. The van der Waals surface area contributed by atoms with Crippen molar-refractivity contribution in [1.82, 2.24) is 0 Å². The van der Waals surface area contributed by atoms with Crippen LogP contribution >= 0.6 is 0 Å². The summed E-state index contributed by atoms with van der Waals surface area (Å²) >= 11 is 0. The number of allylic oxidation sites excluding steroid dienone is 1. The summed E-state index contributed by atoms with van der Waals surface area (Å²) in [6, 6.07) is 8.33. The average Bonchev–Trinajstić information content (AvgIpc) is 2.19. The minimum absolute atomic E-state index is 0.412. The summed E-state index contributed by atoms with van der Waals surface area (Å²) in [6.45, 7) is 0. The van der Waals surface area contributed by atoms with E-state index in [1.165, 1.54) is 0 Å². The van der Waals surface area contributed by atoms with E-state index in [0.717, 1.165) is 6.08 Å². The van der Waals surface area contributed by atoms with Crippen LogP contribution in [0.2, 0.25) is 0 Å². The number of carbonyl (C=O) groups is 2. The Morgan fingerprint density at radius 3 is 2.29 bits per heavy atom. The Hall–Kier alpha value is -2.10. The molecule has 3 N–H and O–H groups in total. The number of carboxylic acids is 1. The molecule has 72 valence electrons. The molecular formula is C10H9NO3. The van der Waals surface area contributed by atoms with Crippen LogP contribution in [0.1, 0.15) is 10.4 Å². The van der Waals surface area contributed by atoms with Crippen molar-refractivity contribution in [2.24, 2.45) is 5.73 Å². The molecule has 0 heterocycles. The number of hydrogen-bond acceptors (Lipinski definition) is 3. The molecule has 0 amide bonds. The summed E-state index contributed by atoms with van der Waals surface area (Å²) in [6.07, 6.45) is 0.900. The highest BCUT2D eigenvalue weighted by Gasteiger charge is 2.06. The highest BCUT2D eigenvalue weighted by Crippen LogP contribution is 2.01. The molecule has 0 aromatic heterocycles. The van der Waals surface area contributed by atoms with Gasteiger partial charge in [-0.05, 0) is 0 Å². The molecule has 1 aromatic carbocycles. The summed E-state index contributed by atoms with van der Waals surface area (Å²) in [5, 5.41) is 8.43. The van der Waals surface area contributed by atoms with E-state index in [0.29, 0.717) is 5.56 Å². The molecule has 0 saturated heterocycles. The Labute approximate surface area is 80.7 Å². The molecule has 0 saturated carbocycles. The Bertz CT molecular complexity index is 382. The number of rotatable bonds is 3. The van der Waals surface area contributed by atoms with Crippen LogP contribution < -0.4 is 5.73 Å². The van der Waals surface area contributed by atoms with Crippen LogP contribution in [0, 0.1) is 0 Å². The van der Waals surface area contributed by atoms with E-state index in [2.05, 4.69) is 0 Å². The summed E-state index contributed by atoms with van der Waals surface area (Å²) in [4.78, 5) is 21.7. The molecule has 0 fully saturated rings. The summed E-state index contributed by atoms with van der Waals surface area (Å²) in [7, 11) is 0. The van der Waals surface area contributed by atoms with Crippen molar-refractivity contribution >= 4 is 11.8 Å². The van der Waals surface area contributed by atoms with Gasteiger partial charge in [0.2, 0.25) is 0 Å². The van der Waals surface area contributed by atoms with Crippen LogP contribution in [0.3, 0.4) is 0 Å². The first kappa shape index (κ1) is 9.98. The minimum Gasteiger partial charge on any atom is -0.477 e. The van der Waals surface area contributed by atoms with E-state index in [1.54, 1.807) is 30.3 Å². The number of ketones is 1. The lowest BCUT2D eigenvalue weighted by molar-refractivity contribution is -0.132. The summed E-state index contributed by atoms with van der Waals surface area (Å²) in [5.74, 6) is -1.71. The van der Waals surface area contributed by atoms with Crippen LogP contribution in [0.4, 0.5) is 0 Å². The number of nitrogens with two attached hydrogens (primary N) is 1. The van der Waals surface area contributed by atoms with Gasteiger partial charge >= 0.3 is 5.97 Å². The summed E-state index contributed by atoms with van der Waals surface area (Å²) < 4.78 is 0. The SMILES string of the molecule is N/C(=C\C(=O)c1ccccc1)C(=O)O. The molecule has 1 rings (SSSR count). The Morgan fingerprint density at radius 1 is 1.21 bits per heavy atom. The zero-order valence-electron chi connectivity index (χ0n) is 7.31. The van der Waals surface area contributed by atoms with Gasteiger partial charge < -0.3 is 10.8 Å². The van der Waals surface area contributed by atoms with E-state index in [1.807, 2.05) is 0 Å². The highest BCUT2D eigenvalue weighted by molar-refractivity contribution is 6.08. The molecule has 0 radical (unpaired) electrons. The van der Waals surface area contributed by atoms with Crippen molar-refractivity contribution in [2.45, 2.75) is 0 Å². The first-order valence-electron chi connectivity index (χ1n) is 3.91. The highest BCUT2D eigenvalue weighted by atomic mass is 16.4. The Balaban J connectivity index is 2.88. The van der Waals surface area contributed by atoms with Crippen LogP contribution in [0.25, 0.3) is 0 Å². The van der Waals surface area contributed by atoms with Crippen LogP contribution in [-0.2, 0) is 4.79 Å². The van der Waals surface area contributed by atoms with Gasteiger partial charge in [-0.25, -0.2) is 4.79 Å². The maximum absolute atomic E-state index is 11.3. The van der Waals surface area contributed by atoms with Gasteiger partial charge in [0.1, 0.15) is 5.70 Å². The number of carbonyl (C=O) groups excluding carboxylic acids is 1. The Morgan fingerprint density at radius 2 is 1.79 bits per heavy atom. The molecule has 0 bridgehead atoms. The van der Waals surface area contributed by atoms with Crippen LogP contribution in [-0.4, -0.2) is 16.9 Å². The fourth-order valence-corrected chi connectivity index (χ4v) is 0.889. The molecule has 4 nitrogen and oxygen atoms in total. The van der Waals surface area contributed by atoms with Crippen molar-refractivity contribution in [3.63, 3.8) is 0 Å². The van der Waals surface area contributed by atoms with Crippen LogP contribution in [0.15, 0.2) is 42.1 Å². The first-order chi connectivity index (χ1) is 6.61. The van der Waals surface area contributed by atoms with Gasteiger partial charge in [-0.1, -0.05) is 30.3 Å². The zero-order valence-corrected chi connectivity index (χ0v) is 7.31. The second-order valence-corrected chi connectivity index (χ2v) is 2.64. The number of carboxylic acid groups (broad SMARTS) is 1. The molecule has 1 aromatic rings. The van der Waals surface area contributed by atoms with Gasteiger partial charge in [0.25, 0.3) is 0 Å². The fourth-order valence-electron chi connectivity index (χ4n) is 0.889. The largest absolute Gasteiger partial charge is 0.477 e. The molecular weight excluding hydrogens is 182 g/mol. The number of benzene rings is 1. The normalized spacial score (nSPS) is 11.0. The van der Waals surface area contributed by atoms with E-state index >= 15 is 0 Å². The smallest absolute Gasteiger partial charge is 0.351 e. The van der Waals surface area contributed by atoms with Crippen molar-refractivity contribution in [3.8, 4) is 0 Å². The molecule has 0 atom stereocenters.